The van der Waals surface area contributed by atoms with Crippen LogP contribution in [0.4, 0.5) is 0 Å². The third-order valence-electron chi connectivity index (χ3n) is 2.21. The van der Waals surface area contributed by atoms with Crippen molar-refractivity contribution in [3.63, 3.8) is 0 Å². The van der Waals surface area contributed by atoms with Crippen LogP contribution in [0.5, 0.6) is 0 Å². The first-order chi connectivity index (χ1) is 7.10. The molecule has 1 atom stereocenters. The molecule has 0 spiro atoms. The van der Waals surface area contributed by atoms with Crippen LogP contribution in [0, 0.1) is 0 Å². The molecule has 80 valence electrons. The SMILES string of the molecule is C=C/C=C1/C(=O)N[C@@H](CC(=O)O)/C1=C/C. The molecule has 4 nitrogen and oxygen atoms in total. The fourth-order valence-electron chi connectivity index (χ4n) is 1.61. The van der Waals surface area contributed by atoms with E-state index in [4.69, 9.17) is 5.11 Å². The van der Waals surface area contributed by atoms with E-state index in [-0.39, 0.29) is 12.3 Å². The first kappa shape index (κ1) is 11.2. The molecule has 0 aliphatic carbocycles. The largest absolute Gasteiger partial charge is 0.481 e. The van der Waals surface area contributed by atoms with Crippen LogP contribution in [-0.2, 0) is 9.59 Å². The van der Waals surface area contributed by atoms with Gasteiger partial charge in [-0.15, -0.1) is 0 Å². The fourth-order valence-corrected chi connectivity index (χ4v) is 1.61. The molecular formula is C11H13NO3. The topological polar surface area (TPSA) is 66.4 Å². The lowest BCUT2D eigenvalue weighted by molar-refractivity contribution is -0.137. The molecule has 0 aromatic carbocycles. The van der Waals surface area contributed by atoms with Gasteiger partial charge in [0.15, 0.2) is 0 Å². The van der Waals surface area contributed by atoms with Gasteiger partial charge < -0.3 is 10.4 Å². The summed E-state index contributed by atoms with van der Waals surface area (Å²) in [6, 6.07) is -0.425. The zero-order valence-corrected chi connectivity index (χ0v) is 8.49. The summed E-state index contributed by atoms with van der Waals surface area (Å²) in [5.74, 6) is -1.17. The van der Waals surface area contributed by atoms with E-state index in [1.54, 1.807) is 19.1 Å². The smallest absolute Gasteiger partial charge is 0.305 e. The molecule has 0 aromatic rings. The number of carboxylic acids is 1. The molecule has 1 aliphatic rings. The lowest BCUT2D eigenvalue weighted by Crippen LogP contribution is -2.28. The van der Waals surface area contributed by atoms with E-state index in [1.807, 2.05) is 0 Å². The second-order valence-corrected chi connectivity index (χ2v) is 3.18. The Morgan fingerprint density at radius 2 is 2.33 bits per heavy atom. The molecule has 1 amide bonds. The summed E-state index contributed by atoms with van der Waals surface area (Å²) in [5, 5.41) is 11.3. The van der Waals surface area contributed by atoms with Crippen LogP contribution in [0.15, 0.2) is 36.0 Å². The van der Waals surface area contributed by atoms with Gasteiger partial charge in [0, 0.05) is 5.57 Å². The van der Waals surface area contributed by atoms with Gasteiger partial charge in [0.25, 0.3) is 5.91 Å². The van der Waals surface area contributed by atoms with E-state index in [0.29, 0.717) is 5.57 Å². The van der Waals surface area contributed by atoms with Crippen molar-refractivity contribution in [1.82, 2.24) is 5.32 Å². The number of allylic oxidation sites excluding steroid dienone is 3. The fraction of sp³-hybridized carbons (Fsp3) is 0.273. The molecule has 0 unspecified atom stereocenters. The van der Waals surface area contributed by atoms with Crippen LogP contribution < -0.4 is 5.32 Å². The van der Waals surface area contributed by atoms with Gasteiger partial charge in [-0.3, -0.25) is 9.59 Å². The van der Waals surface area contributed by atoms with Crippen LogP contribution in [0.2, 0.25) is 0 Å². The number of aliphatic carboxylic acids is 1. The maximum absolute atomic E-state index is 11.5. The Morgan fingerprint density at radius 3 is 2.80 bits per heavy atom. The van der Waals surface area contributed by atoms with Crippen LogP contribution in [-0.4, -0.2) is 23.0 Å². The van der Waals surface area contributed by atoms with Crippen molar-refractivity contribution in [2.45, 2.75) is 19.4 Å². The molecule has 0 aromatic heterocycles. The highest BCUT2D eigenvalue weighted by molar-refractivity contribution is 6.02. The predicted molar refractivity (Wildman–Crippen MR) is 56.2 cm³/mol. The van der Waals surface area contributed by atoms with Gasteiger partial charge in [-0.25, -0.2) is 0 Å². The highest BCUT2D eigenvalue weighted by atomic mass is 16.4. The number of hydrogen-bond acceptors (Lipinski definition) is 2. The van der Waals surface area contributed by atoms with Crippen molar-refractivity contribution < 1.29 is 14.7 Å². The quantitative estimate of drug-likeness (QED) is 0.679. The van der Waals surface area contributed by atoms with Gasteiger partial charge >= 0.3 is 5.97 Å². The van der Waals surface area contributed by atoms with Gasteiger partial charge in [0.05, 0.1) is 12.5 Å². The Hall–Kier alpha value is -1.84. The molecule has 1 fully saturated rings. The maximum atomic E-state index is 11.5. The average Bonchev–Trinajstić information content (AvgIpc) is 2.42. The third kappa shape index (κ3) is 2.34. The van der Waals surface area contributed by atoms with Crippen LogP contribution >= 0.6 is 0 Å². The minimum Gasteiger partial charge on any atom is -0.481 e. The average molecular weight is 207 g/mol. The highest BCUT2D eigenvalue weighted by Gasteiger charge is 2.32. The van der Waals surface area contributed by atoms with Gasteiger partial charge in [-0.05, 0) is 18.6 Å². The Bertz CT molecular complexity index is 366. The summed E-state index contributed by atoms with van der Waals surface area (Å²) in [5.41, 5.74) is 1.22. The molecular weight excluding hydrogens is 194 g/mol. The second kappa shape index (κ2) is 4.59. The van der Waals surface area contributed by atoms with Crippen LogP contribution in [0.25, 0.3) is 0 Å². The standard InChI is InChI=1S/C11H13NO3/c1-3-5-8-7(4-2)9(6-10(13)14)12-11(8)15/h3-5,9H,1,6H2,2H3,(H,12,15)(H,13,14)/b7-4+,8-5+/t9-/m0/s1. The third-order valence-corrected chi connectivity index (χ3v) is 2.21. The van der Waals surface area contributed by atoms with Crippen molar-refractivity contribution >= 4 is 11.9 Å². The molecule has 1 rings (SSSR count). The number of nitrogens with one attached hydrogen (secondary N) is 1. The lowest BCUT2D eigenvalue weighted by atomic mass is 10.0. The highest BCUT2D eigenvalue weighted by Crippen LogP contribution is 2.24. The first-order valence-corrected chi connectivity index (χ1v) is 4.62. The number of rotatable bonds is 3. The van der Waals surface area contributed by atoms with E-state index in [1.165, 1.54) is 6.08 Å². The molecule has 1 saturated heterocycles. The van der Waals surface area contributed by atoms with Crippen molar-refractivity contribution in [3.05, 3.63) is 36.0 Å². The molecule has 15 heavy (non-hydrogen) atoms. The Labute approximate surface area is 88.0 Å². The molecule has 0 bridgehead atoms. The minimum absolute atomic E-state index is 0.0973. The van der Waals surface area contributed by atoms with E-state index in [2.05, 4.69) is 11.9 Å². The summed E-state index contributed by atoms with van der Waals surface area (Å²) in [4.78, 5) is 22.0. The monoisotopic (exact) mass is 207 g/mol. The maximum Gasteiger partial charge on any atom is 0.305 e. The zero-order valence-electron chi connectivity index (χ0n) is 8.49. The Kier molecular flexibility index (Phi) is 3.44. The lowest BCUT2D eigenvalue weighted by Gasteiger charge is -2.07. The van der Waals surface area contributed by atoms with Gasteiger partial charge in [-0.2, -0.15) is 0 Å². The van der Waals surface area contributed by atoms with Crippen LogP contribution in [0.1, 0.15) is 13.3 Å². The first-order valence-electron chi connectivity index (χ1n) is 4.62. The summed E-state index contributed by atoms with van der Waals surface area (Å²) in [7, 11) is 0. The molecule has 1 aliphatic heterocycles. The van der Waals surface area contributed by atoms with Crippen LogP contribution in [0.3, 0.4) is 0 Å². The van der Waals surface area contributed by atoms with Gasteiger partial charge in [0.2, 0.25) is 0 Å². The number of carboxylic acid groups (broad SMARTS) is 1. The summed E-state index contributed by atoms with van der Waals surface area (Å²) >= 11 is 0. The summed E-state index contributed by atoms with van der Waals surface area (Å²) < 4.78 is 0. The van der Waals surface area contributed by atoms with E-state index in [0.717, 1.165) is 5.57 Å². The van der Waals surface area contributed by atoms with Gasteiger partial charge in [0.1, 0.15) is 0 Å². The van der Waals surface area contributed by atoms with Crippen molar-refractivity contribution in [1.29, 1.82) is 0 Å². The van der Waals surface area contributed by atoms with E-state index in [9.17, 15) is 9.59 Å². The molecule has 2 N–H and O–H groups in total. The van der Waals surface area contributed by atoms with Crippen molar-refractivity contribution in [2.24, 2.45) is 0 Å². The summed E-state index contributed by atoms with van der Waals surface area (Å²) in [6.07, 6.45) is 4.76. The number of hydrogen-bond donors (Lipinski definition) is 2. The van der Waals surface area contributed by atoms with Crippen molar-refractivity contribution in [2.75, 3.05) is 0 Å². The molecule has 4 heteroatoms. The van der Waals surface area contributed by atoms with E-state index >= 15 is 0 Å². The van der Waals surface area contributed by atoms with E-state index < -0.39 is 12.0 Å². The predicted octanol–water partition coefficient (Wildman–Crippen LogP) is 1.02. The summed E-state index contributed by atoms with van der Waals surface area (Å²) in [6.45, 7) is 5.29. The molecule has 0 radical (unpaired) electrons. The minimum atomic E-state index is -0.931. The number of carbonyl (C=O) groups is 2. The second-order valence-electron chi connectivity index (χ2n) is 3.18. The number of amides is 1. The Balaban J connectivity index is 2.98. The van der Waals surface area contributed by atoms with Crippen molar-refractivity contribution in [3.8, 4) is 0 Å². The molecule has 0 saturated carbocycles. The normalized spacial score (nSPS) is 25.7. The Morgan fingerprint density at radius 1 is 1.67 bits per heavy atom. The number of carbonyl (C=O) groups excluding carboxylic acids is 1. The van der Waals surface area contributed by atoms with Gasteiger partial charge in [-0.1, -0.05) is 18.7 Å². The zero-order chi connectivity index (χ0) is 11.4. The molecule has 1 heterocycles.